The average Bonchev–Trinajstić information content (AvgIpc) is 2.26. The standard InChI is InChI=1S/C11H16NO2P/c1-8(2)11(13)14-7-9-3-5-10(12-15)6-4-9/h3-6,8,12H,7,15H2,1-2H3. The summed E-state index contributed by atoms with van der Waals surface area (Å²) >= 11 is 0. The maximum atomic E-state index is 11.2. The van der Waals surface area contributed by atoms with E-state index in [0.29, 0.717) is 6.61 Å². The van der Waals surface area contributed by atoms with E-state index in [1.54, 1.807) is 0 Å². The molecule has 15 heavy (non-hydrogen) atoms. The van der Waals surface area contributed by atoms with Gasteiger partial charge in [0, 0.05) is 5.69 Å². The van der Waals surface area contributed by atoms with Crippen LogP contribution in [0.2, 0.25) is 0 Å². The van der Waals surface area contributed by atoms with Crippen molar-refractivity contribution >= 4 is 21.0 Å². The quantitative estimate of drug-likeness (QED) is 0.632. The summed E-state index contributed by atoms with van der Waals surface area (Å²) in [7, 11) is 2.43. The molecule has 0 heterocycles. The lowest BCUT2D eigenvalue weighted by Gasteiger charge is -2.07. The monoisotopic (exact) mass is 225 g/mol. The molecule has 0 saturated heterocycles. The van der Waals surface area contributed by atoms with Crippen LogP contribution in [-0.2, 0) is 16.1 Å². The summed E-state index contributed by atoms with van der Waals surface area (Å²) in [5.41, 5.74) is 2.01. The largest absolute Gasteiger partial charge is 0.461 e. The molecule has 4 heteroatoms. The molecule has 1 unspecified atom stereocenters. The lowest BCUT2D eigenvalue weighted by Crippen LogP contribution is -2.11. The van der Waals surface area contributed by atoms with Gasteiger partial charge in [-0.3, -0.25) is 4.79 Å². The molecule has 1 N–H and O–H groups in total. The molecule has 1 aromatic carbocycles. The third-order valence-corrected chi connectivity index (χ3v) is 2.31. The number of hydrogen-bond donors (Lipinski definition) is 1. The smallest absolute Gasteiger partial charge is 0.308 e. The van der Waals surface area contributed by atoms with E-state index in [1.807, 2.05) is 38.1 Å². The second-order valence-corrected chi connectivity index (χ2v) is 3.89. The van der Waals surface area contributed by atoms with Gasteiger partial charge in [0.05, 0.1) is 5.92 Å². The number of carbonyl (C=O) groups is 1. The molecule has 0 aliphatic heterocycles. The molecule has 0 aromatic heterocycles. The Bertz CT molecular complexity index is 322. The van der Waals surface area contributed by atoms with Gasteiger partial charge < -0.3 is 9.82 Å². The van der Waals surface area contributed by atoms with Crippen LogP contribution in [0.4, 0.5) is 5.69 Å². The van der Waals surface area contributed by atoms with Crippen molar-refractivity contribution in [2.24, 2.45) is 5.92 Å². The molecular formula is C11H16NO2P. The van der Waals surface area contributed by atoms with Gasteiger partial charge in [-0.2, -0.15) is 0 Å². The van der Waals surface area contributed by atoms with Gasteiger partial charge in [0.15, 0.2) is 0 Å². The van der Waals surface area contributed by atoms with Crippen LogP contribution in [0, 0.1) is 5.92 Å². The van der Waals surface area contributed by atoms with Crippen molar-refractivity contribution in [3.05, 3.63) is 29.8 Å². The molecular weight excluding hydrogens is 209 g/mol. The number of rotatable bonds is 4. The van der Waals surface area contributed by atoms with Crippen LogP contribution in [0.15, 0.2) is 24.3 Å². The third kappa shape index (κ3) is 3.88. The lowest BCUT2D eigenvalue weighted by molar-refractivity contribution is -0.148. The summed E-state index contributed by atoms with van der Waals surface area (Å²) < 4.78 is 5.10. The van der Waals surface area contributed by atoms with E-state index < -0.39 is 0 Å². The summed E-state index contributed by atoms with van der Waals surface area (Å²) in [6, 6.07) is 7.73. The van der Waals surface area contributed by atoms with Crippen LogP contribution < -0.4 is 5.09 Å². The lowest BCUT2D eigenvalue weighted by atomic mass is 10.2. The Kier molecular flexibility index (Phi) is 4.57. The first-order valence-electron chi connectivity index (χ1n) is 4.85. The van der Waals surface area contributed by atoms with Gasteiger partial charge in [0.2, 0.25) is 0 Å². The van der Waals surface area contributed by atoms with Gasteiger partial charge in [-0.25, -0.2) is 0 Å². The Labute approximate surface area is 92.5 Å². The number of ether oxygens (including phenoxy) is 1. The third-order valence-electron chi connectivity index (χ3n) is 1.97. The number of carbonyl (C=O) groups excluding carboxylic acids is 1. The van der Waals surface area contributed by atoms with Crippen molar-refractivity contribution in [3.63, 3.8) is 0 Å². The predicted molar refractivity (Wildman–Crippen MR) is 64.4 cm³/mol. The minimum atomic E-state index is -0.164. The average molecular weight is 225 g/mol. The fourth-order valence-electron chi connectivity index (χ4n) is 1.02. The van der Waals surface area contributed by atoms with Crippen molar-refractivity contribution in [2.45, 2.75) is 20.5 Å². The summed E-state index contributed by atoms with van der Waals surface area (Å²) in [6.45, 7) is 3.99. The molecule has 1 rings (SSSR count). The highest BCUT2D eigenvalue weighted by Gasteiger charge is 2.07. The minimum absolute atomic E-state index is 0.0713. The molecule has 0 fully saturated rings. The van der Waals surface area contributed by atoms with E-state index in [-0.39, 0.29) is 11.9 Å². The summed E-state index contributed by atoms with van der Waals surface area (Å²) in [5.74, 6) is -0.235. The second kappa shape index (κ2) is 5.72. The molecule has 0 spiro atoms. The summed E-state index contributed by atoms with van der Waals surface area (Å²) in [5, 5.41) is 2.95. The minimum Gasteiger partial charge on any atom is -0.461 e. The van der Waals surface area contributed by atoms with E-state index in [1.165, 1.54) is 0 Å². The SMILES string of the molecule is CC(C)C(=O)OCc1ccc(NP)cc1. The summed E-state index contributed by atoms with van der Waals surface area (Å²) in [6.07, 6.45) is 0. The van der Waals surface area contributed by atoms with Crippen molar-refractivity contribution in [1.29, 1.82) is 0 Å². The Morgan fingerprint density at radius 2 is 2.00 bits per heavy atom. The van der Waals surface area contributed by atoms with Crippen LogP contribution in [0.1, 0.15) is 19.4 Å². The van der Waals surface area contributed by atoms with Crippen LogP contribution in [-0.4, -0.2) is 5.97 Å². The molecule has 0 radical (unpaired) electrons. The maximum absolute atomic E-state index is 11.2. The van der Waals surface area contributed by atoms with Crippen LogP contribution >= 0.6 is 9.39 Å². The maximum Gasteiger partial charge on any atom is 0.308 e. The van der Waals surface area contributed by atoms with Crippen LogP contribution in [0.5, 0.6) is 0 Å². The Balaban J connectivity index is 2.47. The second-order valence-electron chi connectivity index (χ2n) is 3.60. The van der Waals surface area contributed by atoms with Crippen molar-refractivity contribution in [1.82, 2.24) is 0 Å². The zero-order chi connectivity index (χ0) is 11.3. The van der Waals surface area contributed by atoms with E-state index >= 15 is 0 Å². The molecule has 3 nitrogen and oxygen atoms in total. The Morgan fingerprint density at radius 1 is 1.40 bits per heavy atom. The van der Waals surface area contributed by atoms with Gasteiger partial charge >= 0.3 is 5.97 Å². The molecule has 0 bridgehead atoms. The highest BCUT2D eigenvalue weighted by molar-refractivity contribution is 7.18. The van der Waals surface area contributed by atoms with Crippen molar-refractivity contribution in [3.8, 4) is 0 Å². The van der Waals surface area contributed by atoms with Gasteiger partial charge in [-0.15, -0.1) is 0 Å². The fourth-order valence-corrected chi connectivity index (χ4v) is 1.21. The Hall–Kier alpha value is -1.08. The first-order valence-corrected chi connectivity index (χ1v) is 5.43. The van der Waals surface area contributed by atoms with Gasteiger partial charge in [-0.05, 0) is 27.1 Å². The van der Waals surface area contributed by atoms with Gasteiger partial charge in [0.1, 0.15) is 6.61 Å². The molecule has 0 saturated carbocycles. The molecule has 0 aliphatic rings. The molecule has 1 aromatic rings. The van der Waals surface area contributed by atoms with Crippen molar-refractivity contribution in [2.75, 3.05) is 5.09 Å². The zero-order valence-corrected chi connectivity index (χ0v) is 10.1. The van der Waals surface area contributed by atoms with Gasteiger partial charge in [0.25, 0.3) is 0 Å². The van der Waals surface area contributed by atoms with Crippen LogP contribution in [0.3, 0.4) is 0 Å². The first kappa shape index (κ1) is 12.0. The van der Waals surface area contributed by atoms with E-state index in [9.17, 15) is 4.79 Å². The highest BCUT2D eigenvalue weighted by Crippen LogP contribution is 2.12. The fraction of sp³-hybridized carbons (Fsp3) is 0.364. The van der Waals surface area contributed by atoms with Gasteiger partial charge in [-0.1, -0.05) is 26.0 Å². The normalized spacial score (nSPS) is 10.1. The number of nitrogens with one attached hydrogen (secondary N) is 1. The molecule has 0 amide bonds. The zero-order valence-electron chi connectivity index (χ0n) is 8.99. The van der Waals surface area contributed by atoms with Crippen LogP contribution in [0.25, 0.3) is 0 Å². The number of anilines is 1. The number of esters is 1. The summed E-state index contributed by atoms with van der Waals surface area (Å²) in [4.78, 5) is 11.2. The van der Waals surface area contributed by atoms with E-state index in [0.717, 1.165) is 11.3 Å². The van der Waals surface area contributed by atoms with E-state index in [4.69, 9.17) is 4.74 Å². The number of benzene rings is 1. The molecule has 82 valence electrons. The predicted octanol–water partition coefficient (Wildman–Crippen LogP) is 2.59. The topological polar surface area (TPSA) is 38.3 Å². The molecule has 0 aliphatic carbocycles. The first-order chi connectivity index (χ1) is 7.13. The number of hydrogen-bond acceptors (Lipinski definition) is 3. The highest BCUT2D eigenvalue weighted by atomic mass is 31.0. The van der Waals surface area contributed by atoms with E-state index in [2.05, 4.69) is 14.5 Å². The Morgan fingerprint density at radius 3 is 2.47 bits per heavy atom. The molecule has 1 atom stereocenters. The van der Waals surface area contributed by atoms with Crippen molar-refractivity contribution < 1.29 is 9.53 Å².